The Hall–Kier alpha value is -0.810. The number of carbonyl (C=O) groups excluding carboxylic acids is 1. The summed E-state index contributed by atoms with van der Waals surface area (Å²) in [6.07, 6.45) is 22.5. The normalized spacial score (nSPS) is 22.7. The minimum Gasteiger partial charge on any atom is -0.394 e. The largest absolute Gasteiger partial charge is 0.394 e. The van der Waals surface area contributed by atoms with E-state index in [1.807, 2.05) is 0 Å². The van der Waals surface area contributed by atoms with E-state index in [1.54, 1.807) is 0 Å². The van der Waals surface area contributed by atoms with Gasteiger partial charge in [0, 0.05) is 6.42 Å². The van der Waals surface area contributed by atoms with Gasteiger partial charge in [-0.25, -0.2) is 0 Å². The van der Waals surface area contributed by atoms with Gasteiger partial charge in [0.05, 0.1) is 25.4 Å². The Morgan fingerprint density at radius 3 is 1.51 bits per heavy atom. The predicted molar refractivity (Wildman–Crippen MR) is 189 cm³/mol. The third-order valence-corrected chi connectivity index (χ3v) is 9.71. The van der Waals surface area contributed by atoms with Crippen LogP contribution in [0.1, 0.15) is 181 Å². The van der Waals surface area contributed by atoms with Crippen molar-refractivity contribution >= 4 is 5.91 Å². The Kier molecular flexibility index (Phi) is 28.3. The van der Waals surface area contributed by atoms with Crippen molar-refractivity contribution in [3.8, 4) is 0 Å². The molecule has 9 heteroatoms. The van der Waals surface area contributed by atoms with Crippen LogP contribution in [-0.2, 0) is 14.3 Å². The molecule has 0 saturated carbocycles. The summed E-state index contributed by atoms with van der Waals surface area (Å²) in [7, 11) is 0. The lowest BCUT2D eigenvalue weighted by atomic mass is 9.99. The molecule has 0 aromatic carbocycles. The zero-order valence-electron chi connectivity index (χ0n) is 30.3. The van der Waals surface area contributed by atoms with Crippen LogP contribution in [0.25, 0.3) is 0 Å². The van der Waals surface area contributed by atoms with Gasteiger partial charge in [-0.15, -0.1) is 0 Å². The van der Waals surface area contributed by atoms with Gasteiger partial charge in [0.1, 0.15) is 24.4 Å². The van der Waals surface area contributed by atoms with Crippen molar-refractivity contribution in [3.05, 3.63) is 0 Å². The summed E-state index contributed by atoms with van der Waals surface area (Å²) in [5, 5.41) is 54.0. The maximum atomic E-state index is 12.9. The Bertz CT molecular complexity index is 711. The molecule has 9 nitrogen and oxygen atoms in total. The van der Waals surface area contributed by atoms with Crippen molar-refractivity contribution < 1.29 is 39.8 Å². The topological polar surface area (TPSA) is 149 Å². The van der Waals surface area contributed by atoms with Gasteiger partial charge < -0.3 is 40.3 Å². The fourth-order valence-corrected chi connectivity index (χ4v) is 6.45. The maximum Gasteiger partial charge on any atom is 0.220 e. The summed E-state index contributed by atoms with van der Waals surface area (Å²) >= 11 is 0. The standard InChI is InChI=1S/C38H75NO8/c1-3-5-7-9-11-13-15-16-18-19-21-23-25-27-32(41)31(30-46-38-37(45)36(44)35(43)33(29-40)47-38)39-34(42)28-26-24-22-20-17-14-12-10-8-6-4-2/h31-33,35-38,40-41,43-45H,3-30H2,1-2H3,(H,39,42)/t31?,32?,33-,35+,36+,37-,38+/m1/s1. The second-order valence-electron chi connectivity index (χ2n) is 14.1. The molecule has 1 aliphatic rings. The summed E-state index contributed by atoms with van der Waals surface area (Å²) in [5.74, 6) is -0.146. The van der Waals surface area contributed by atoms with E-state index >= 15 is 0 Å². The van der Waals surface area contributed by atoms with Crippen LogP contribution in [0.15, 0.2) is 0 Å². The first kappa shape index (κ1) is 44.2. The fraction of sp³-hybridized carbons (Fsp3) is 0.974. The van der Waals surface area contributed by atoms with Crippen molar-refractivity contribution in [1.29, 1.82) is 0 Å². The molecule has 2 unspecified atom stereocenters. The minimum atomic E-state index is -1.55. The van der Waals surface area contributed by atoms with E-state index in [1.165, 1.54) is 116 Å². The average Bonchev–Trinajstić information content (AvgIpc) is 3.07. The molecule has 0 bridgehead atoms. The molecule has 1 saturated heterocycles. The van der Waals surface area contributed by atoms with Crippen molar-refractivity contribution in [1.82, 2.24) is 5.32 Å². The monoisotopic (exact) mass is 674 g/mol. The van der Waals surface area contributed by atoms with E-state index in [9.17, 15) is 30.3 Å². The van der Waals surface area contributed by atoms with Gasteiger partial charge in [-0.2, -0.15) is 0 Å². The second-order valence-corrected chi connectivity index (χ2v) is 14.1. The molecule has 1 aliphatic heterocycles. The summed E-state index contributed by atoms with van der Waals surface area (Å²) in [6, 6.07) is -0.708. The zero-order valence-corrected chi connectivity index (χ0v) is 30.3. The van der Waals surface area contributed by atoms with E-state index in [0.29, 0.717) is 12.8 Å². The van der Waals surface area contributed by atoms with Crippen LogP contribution in [0.3, 0.4) is 0 Å². The molecule has 1 fully saturated rings. The Morgan fingerprint density at radius 2 is 1.06 bits per heavy atom. The van der Waals surface area contributed by atoms with Crippen LogP contribution < -0.4 is 5.32 Å². The van der Waals surface area contributed by atoms with Gasteiger partial charge in [0.2, 0.25) is 5.91 Å². The number of hydrogen-bond acceptors (Lipinski definition) is 8. The number of unbranched alkanes of at least 4 members (excludes halogenated alkanes) is 22. The molecule has 1 rings (SSSR count). The fourth-order valence-electron chi connectivity index (χ4n) is 6.45. The predicted octanol–water partition coefficient (Wildman–Crippen LogP) is 6.83. The summed E-state index contributed by atoms with van der Waals surface area (Å²) in [5.41, 5.74) is 0. The van der Waals surface area contributed by atoms with Crippen LogP contribution in [0.5, 0.6) is 0 Å². The van der Waals surface area contributed by atoms with E-state index < -0.39 is 49.5 Å². The molecule has 0 radical (unpaired) electrons. The lowest BCUT2D eigenvalue weighted by molar-refractivity contribution is -0.302. The van der Waals surface area contributed by atoms with E-state index in [-0.39, 0.29) is 12.5 Å². The molecule has 280 valence electrons. The van der Waals surface area contributed by atoms with E-state index in [2.05, 4.69) is 19.2 Å². The number of nitrogens with one attached hydrogen (secondary N) is 1. The third kappa shape index (κ3) is 21.8. The number of aliphatic hydroxyl groups is 5. The minimum absolute atomic E-state index is 0.133. The smallest absolute Gasteiger partial charge is 0.220 e. The van der Waals surface area contributed by atoms with E-state index in [4.69, 9.17) is 9.47 Å². The van der Waals surface area contributed by atoms with Crippen LogP contribution >= 0.6 is 0 Å². The van der Waals surface area contributed by atoms with Crippen LogP contribution in [0.4, 0.5) is 0 Å². The van der Waals surface area contributed by atoms with Crippen molar-refractivity contribution in [3.63, 3.8) is 0 Å². The number of amides is 1. The summed E-state index contributed by atoms with van der Waals surface area (Å²) in [4.78, 5) is 12.9. The van der Waals surface area contributed by atoms with Crippen molar-refractivity contribution in [2.24, 2.45) is 0 Å². The summed E-state index contributed by atoms with van der Waals surface area (Å²) < 4.78 is 11.2. The van der Waals surface area contributed by atoms with Crippen molar-refractivity contribution in [2.45, 2.75) is 224 Å². The van der Waals surface area contributed by atoms with Crippen LogP contribution in [-0.4, -0.2) is 87.5 Å². The number of aliphatic hydroxyl groups excluding tert-OH is 5. The molecular formula is C38H75NO8. The highest BCUT2D eigenvalue weighted by Gasteiger charge is 2.44. The molecule has 0 aromatic heterocycles. The molecule has 0 spiro atoms. The van der Waals surface area contributed by atoms with Gasteiger partial charge in [-0.05, 0) is 12.8 Å². The Morgan fingerprint density at radius 1 is 0.638 bits per heavy atom. The quantitative estimate of drug-likeness (QED) is 0.0426. The first-order chi connectivity index (χ1) is 22.8. The maximum absolute atomic E-state index is 12.9. The SMILES string of the molecule is CCCCCCCCCCCCCCCC(O)C(CO[C@H]1O[C@H](CO)[C@H](O)[C@H](O)[C@H]1O)NC(=O)CCCCCCCCCCCCC. The van der Waals surface area contributed by atoms with Gasteiger partial charge >= 0.3 is 0 Å². The van der Waals surface area contributed by atoms with E-state index in [0.717, 1.165) is 38.5 Å². The number of hydrogen-bond donors (Lipinski definition) is 6. The Balaban J connectivity index is 2.41. The lowest BCUT2D eigenvalue weighted by Gasteiger charge is -2.40. The zero-order chi connectivity index (χ0) is 34.5. The number of rotatable bonds is 32. The number of ether oxygens (including phenoxy) is 2. The molecule has 1 heterocycles. The van der Waals surface area contributed by atoms with Crippen LogP contribution in [0.2, 0.25) is 0 Å². The highest BCUT2D eigenvalue weighted by molar-refractivity contribution is 5.76. The van der Waals surface area contributed by atoms with Gasteiger partial charge in [0.15, 0.2) is 6.29 Å². The van der Waals surface area contributed by atoms with Gasteiger partial charge in [0.25, 0.3) is 0 Å². The lowest BCUT2D eigenvalue weighted by Crippen LogP contribution is -2.60. The molecule has 0 aromatic rings. The molecular weight excluding hydrogens is 598 g/mol. The third-order valence-electron chi connectivity index (χ3n) is 9.71. The van der Waals surface area contributed by atoms with Crippen LogP contribution in [0, 0.1) is 0 Å². The molecule has 47 heavy (non-hydrogen) atoms. The Labute approximate surface area is 287 Å². The molecule has 7 atom stereocenters. The second kappa shape index (κ2) is 30.1. The molecule has 6 N–H and O–H groups in total. The number of carbonyl (C=O) groups is 1. The first-order valence-corrected chi connectivity index (χ1v) is 19.7. The van der Waals surface area contributed by atoms with Gasteiger partial charge in [-0.3, -0.25) is 4.79 Å². The first-order valence-electron chi connectivity index (χ1n) is 19.7. The average molecular weight is 674 g/mol. The van der Waals surface area contributed by atoms with Gasteiger partial charge in [-0.1, -0.05) is 162 Å². The highest BCUT2D eigenvalue weighted by atomic mass is 16.7. The van der Waals surface area contributed by atoms with Crippen molar-refractivity contribution in [2.75, 3.05) is 13.2 Å². The highest BCUT2D eigenvalue weighted by Crippen LogP contribution is 2.23. The molecule has 0 aliphatic carbocycles. The summed E-state index contributed by atoms with van der Waals surface area (Å²) in [6.45, 7) is 3.81. The molecule has 1 amide bonds.